The van der Waals surface area contributed by atoms with Crippen LogP contribution in [-0.2, 0) is 9.59 Å². The number of hydrogen-bond acceptors (Lipinski definition) is 5. The molecule has 0 radical (unpaired) electrons. The fourth-order valence-electron chi connectivity index (χ4n) is 4.63. The Labute approximate surface area is 183 Å². The maximum atomic E-state index is 13.1. The van der Waals surface area contributed by atoms with Crippen LogP contribution in [0.15, 0.2) is 35.9 Å². The van der Waals surface area contributed by atoms with Gasteiger partial charge in [0.05, 0.1) is 18.6 Å². The van der Waals surface area contributed by atoms with Gasteiger partial charge in [0.1, 0.15) is 18.0 Å². The fraction of sp³-hybridized carbons (Fsp3) is 0.583. The molecule has 3 aliphatic rings. The molecule has 1 heterocycles. The lowest BCUT2D eigenvalue weighted by Crippen LogP contribution is -2.56. The van der Waals surface area contributed by atoms with Crippen LogP contribution < -0.4 is 10.1 Å². The van der Waals surface area contributed by atoms with Crippen molar-refractivity contribution in [3.05, 3.63) is 41.5 Å². The van der Waals surface area contributed by atoms with Crippen LogP contribution in [0.25, 0.3) is 0 Å². The van der Waals surface area contributed by atoms with Gasteiger partial charge in [-0.15, -0.1) is 0 Å². The maximum absolute atomic E-state index is 13.1. The molecule has 3 N–H and O–H groups in total. The van der Waals surface area contributed by atoms with Crippen LogP contribution in [0.1, 0.15) is 44.6 Å². The number of carbonyl (C=O) groups is 2. The highest BCUT2D eigenvalue weighted by atomic mass is 16.5. The normalized spacial score (nSPS) is 26.5. The van der Waals surface area contributed by atoms with Gasteiger partial charge in [-0.1, -0.05) is 32.0 Å². The van der Waals surface area contributed by atoms with Crippen molar-refractivity contribution in [1.82, 2.24) is 10.2 Å². The summed E-state index contributed by atoms with van der Waals surface area (Å²) in [4.78, 5) is 27.9. The number of aliphatic hydroxyl groups excluding tert-OH is 2. The summed E-state index contributed by atoms with van der Waals surface area (Å²) in [6.07, 6.45) is 2.72. The first-order valence-corrected chi connectivity index (χ1v) is 11.2. The number of ether oxygens (including phenoxy) is 1. The van der Waals surface area contributed by atoms with Gasteiger partial charge in [-0.3, -0.25) is 9.59 Å². The Kier molecular flexibility index (Phi) is 6.34. The van der Waals surface area contributed by atoms with Crippen LogP contribution in [0.4, 0.5) is 0 Å². The first kappa shape index (κ1) is 21.8. The molecule has 7 nitrogen and oxygen atoms in total. The predicted molar refractivity (Wildman–Crippen MR) is 115 cm³/mol. The minimum absolute atomic E-state index is 0.00808. The van der Waals surface area contributed by atoms with Crippen LogP contribution in [0, 0.1) is 11.8 Å². The number of nitrogens with one attached hydrogen (secondary N) is 1. The Morgan fingerprint density at radius 2 is 2.00 bits per heavy atom. The van der Waals surface area contributed by atoms with Crippen molar-refractivity contribution in [3.8, 4) is 5.75 Å². The van der Waals surface area contributed by atoms with Gasteiger partial charge in [0.15, 0.2) is 0 Å². The topological polar surface area (TPSA) is 99.1 Å². The van der Waals surface area contributed by atoms with Crippen LogP contribution in [0.3, 0.4) is 0 Å². The Balaban J connectivity index is 1.71. The third-order valence-electron chi connectivity index (χ3n) is 6.29. The van der Waals surface area contributed by atoms with Crippen LogP contribution >= 0.6 is 0 Å². The van der Waals surface area contributed by atoms with Crippen LogP contribution in [0.2, 0.25) is 0 Å². The zero-order valence-electron chi connectivity index (χ0n) is 18.2. The van der Waals surface area contributed by atoms with Crippen molar-refractivity contribution in [2.24, 2.45) is 11.8 Å². The van der Waals surface area contributed by atoms with E-state index in [9.17, 15) is 14.7 Å². The highest BCUT2D eigenvalue weighted by Crippen LogP contribution is 2.47. The molecule has 31 heavy (non-hydrogen) atoms. The second-order valence-corrected chi connectivity index (χ2v) is 9.27. The van der Waals surface area contributed by atoms with Gasteiger partial charge < -0.3 is 25.2 Å². The van der Waals surface area contributed by atoms with E-state index in [4.69, 9.17) is 9.84 Å². The predicted octanol–water partition coefficient (Wildman–Crippen LogP) is 1.59. The summed E-state index contributed by atoms with van der Waals surface area (Å²) < 4.78 is 6.11. The van der Waals surface area contributed by atoms with Gasteiger partial charge in [-0.2, -0.15) is 0 Å². The Bertz CT molecular complexity index is 863. The monoisotopic (exact) mass is 428 g/mol. The van der Waals surface area contributed by atoms with E-state index in [1.165, 1.54) is 0 Å². The number of aliphatic hydroxyl groups is 2. The Morgan fingerprint density at radius 3 is 2.68 bits per heavy atom. The van der Waals surface area contributed by atoms with E-state index in [0.717, 1.165) is 18.4 Å². The minimum Gasteiger partial charge on any atom is -0.486 e. The summed E-state index contributed by atoms with van der Waals surface area (Å²) in [5.41, 5.74) is 1.34. The molecule has 1 aromatic carbocycles. The Hall–Kier alpha value is -2.38. The van der Waals surface area contributed by atoms with Crippen LogP contribution in [-0.4, -0.2) is 64.9 Å². The van der Waals surface area contributed by atoms with E-state index < -0.39 is 24.2 Å². The highest BCUT2D eigenvalue weighted by Gasteiger charge is 2.50. The largest absolute Gasteiger partial charge is 0.486 e. The van der Waals surface area contributed by atoms with Crippen molar-refractivity contribution < 1.29 is 24.5 Å². The van der Waals surface area contributed by atoms with Gasteiger partial charge in [0, 0.05) is 30.6 Å². The summed E-state index contributed by atoms with van der Waals surface area (Å²) in [6, 6.07) is 6.87. The summed E-state index contributed by atoms with van der Waals surface area (Å²) >= 11 is 0. The molecular weight excluding hydrogens is 396 g/mol. The number of hydrogen-bond donors (Lipinski definition) is 3. The number of para-hydroxylation sites is 1. The summed E-state index contributed by atoms with van der Waals surface area (Å²) in [7, 11) is 0. The molecule has 4 rings (SSSR count). The lowest BCUT2D eigenvalue weighted by molar-refractivity contribution is -0.138. The second-order valence-electron chi connectivity index (χ2n) is 9.27. The second kappa shape index (κ2) is 9.01. The molecule has 0 bridgehead atoms. The maximum Gasteiger partial charge on any atom is 0.247 e. The Morgan fingerprint density at radius 1 is 1.26 bits per heavy atom. The highest BCUT2D eigenvalue weighted by molar-refractivity contribution is 5.96. The number of carbonyl (C=O) groups excluding carboxylic acids is 2. The third kappa shape index (κ3) is 4.48. The smallest absolute Gasteiger partial charge is 0.247 e. The third-order valence-corrected chi connectivity index (χ3v) is 6.29. The van der Waals surface area contributed by atoms with Gasteiger partial charge in [0.25, 0.3) is 0 Å². The molecule has 1 aromatic rings. The molecule has 1 fully saturated rings. The van der Waals surface area contributed by atoms with E-state index in [1.807, 2.05) is 38.1 Å². The van der Waals surface area contributed by atoms with Crippen molar-refractivity contribution in [1.29, 1.82) is 0 Å². The molecular formula is C24H32N2O5. The number of amides is 2. The number of benzene rings is 1. The van der Waals surface area contributed by atoms with E-state index >= 15 is 0 Å². The fourth-order valence-corrected chi connectivity index (χ4v) is 4.63. The standard InChI is InChI=1S/C24H32N2O5/c1-14(2)11-20(28)26(13-15-7-8-15)18-12-17(24(30)25-9-10-27)21-16-5-3-4-6-19(16)31-23(21)22(18)29/h3-6,12,14-15,18,21-23,27,29H,7-11,13H2,1-2H3,(H,25,30)/t18-,21+,22+,23+/m1/s1. The molecule has 4 atom stereocenters. The van der Waals surface area contributed by atoms with Gasteiger partial charge in [-0.05, 0) is 36.8 Å². The molecule has 7 heteroatoms. The minimum atomic E-state index is -0.943. The average Bonchev–Trinajstić information content (AvgIpc) is 3.48. The summed E-state index contributed by atoms with van der Waals surface area (Å²) in [6.45, 7) is 4.57. The van der Waals surface area contributed by atoms with Gasteiger partial charge >= 0.3 is 0 Å². The molecule has 1 aliphatic heterocycles. The quantitative estimate of drug-likeness (QED) is 0.584. The van der Waals surface area contributed by atoms with Crippen molar-refractivity contribution in [2.45, 2.75) is 57.3 Å². The van der Waals surface area contributed by atoms with Crippen molar-refractivity contribution in [3.63, 3.8) is 0 Å². The number of rotatable bonds is 8. The van der Waals surface area contributed by atoms with E-state index in [-0.39, 0.29) is 30.9 Å². The molecule has 0 spiro atoms. The van der Waals surface area contributed by atoms with Crippen LogP contribution in [0.5, 0.6) is 5.75 Å². The lowest BCUT2D eigenvalue weighted by Gasteiger charge is -2.41. The van der Waals surface area contributed by atoms with Crippen molar-refractivity contribution in [2.75, 3.05) is 19.7 Å². The summed E-state index contributed by atoms with van der Waals surface area (Å²) in [5.74, 6) is 0.577. The van der Waals surface area contributed by atoms with Gasteiger partial charge in [0.2, 0.25) is 11.8 Å². The molecule has 168 valence electrons. The van der Waals surface area contributed by atoms with E-state index in [0.29, 0.717) is 30.2 Å². The zero-order chi connectivity index (χ0) is 22.1. The van der Waals surface area contributed by atoms with E-state index in [1.54, 1.807) is 11.0 Å². The molecule has 0 aromatic heterocycles. The zero-order valence-corrected chi connectivity index (χ0v) is 18.2. The molecule has 2 amide bonds. The number of nitrogens with zero attached hydrogens (tertiary/aromatic N) is 1. The molecule has 1 saturated carbocycles. The van der Waals surface area contributed by atoms with Crippen molar-refractivity contribution >= 4 is 11.8 Å². The van der Waals surface area contributed by atoms with Gasteiger partial charge in [-0.25, -0.2) is 0 Å². The molecule has 0 saturated heterocycles. The molecule has 2 aliphatic carbocycles. The average molecular weight is 429 g/mol. The van der Waals surface area contributed by atoms with E-state index in [2.05, 4.69) is 5.32 Å². The SMILES string of the molecule is CC(C)CC(=O)N(CC1CC1)[C@@H]1C=C(C(=O)NCCO)[C@@H]2c3ccccc3O[C@@H]2[C@H]1O. The number of fused-ring (bicyclic) bond motifs is 3. The first-order valence-electron chi connectivity index (χ1n) is 11.2. The first-order chi connectivity index (χ1) is 14.9. The lowest BCUT2D eigenvalue weighted by atomic mass is 9.77. The molecule has 0 unspecified atom stereocenters. The summed E-state index contributed by atoms with van der Waals surface area (Å²) in [5, 5.41) is 23.2.